The van der Waals surface area contributed by atoms with Crippen LogP contribution in [0.4, 0.5) is 0 Å². The van der Waals surface area contributed by atoms with Crippen LogP contribution in [0.25, 0.3) is 0 Å². The second-order valence-electron chi connectivity index (χ2n) is 5.98. The minimum Gasteiger partial charge on any atom is -0.493 e. The van der Waals surface area contributed by atoms with Crippen LogP contribution in [0.2, 0.25) is 0 Å². The van der Waals surface area contributed by atoms with Gasteiger partial charge >= 0.3 is 0 Å². The van der Waals surface area contributed by atoms with Gasteiger partial charge in [-0.3, -0.25) is 0 Å². The Balaban J connectivity index is 1.89. The van der Waals surface area contributed by atoms with Gasteiger partial charge in [0.25, 0.3) is 0 Å². The fourth-order valence-electron chi connectivity index (χ4n) is 3.34. The maximum Gasteiger partial charge on any atom is 0.125 e. The van der Waals surface area contributed by atoms with Gasteiger partial charge in [0, 0.05) is 15.7 Å². The monoisotopic (exact) mass is 372 g/mol. The van der Waals surface area contributed by atoms with Crippen LogP contribution in [0.3, 0.4) is 0 Å². The van der Waals surface area contributed by atoms with Gasteiger partial charge in [0.1, 0.15) is 5.75 Å². The Morgan fingerprint density at radius 2 is 2.28 bits per heavy atom. The van der Waals surface area contributed by atoms with Crippen molar-refractivity contribution in [2.24, 2.45) is 5.41 Å². The third kappa shape index (κ3) is 2.49. The van der Waals surface area contributed by atoms with Crippen LogP contribution in [0.1, 0.15) is 37.3 Å². The first kappa shape index (κ1) is 13.0. The Morgan fingerprint density at radius 3 is 3.00 bits per heavy atom. The number of fused-ring (bicyclic) bond motifs is 1. The zero-order chi connectivity index (χ0) is 12.8. The molecule has 0 spiro atoms. The molecule has 1 aliphatic carbocycles. The van der Waals surface area contributed by atoms with Gasteiger partial charge in [-0.1, -0.05) is 38.8 Å². The van der Waals surface area contributed by atoms with Gasteiger partial charge in [-0.15, -0.1) is 0 Å². The lowest BCUT2D eigenvalue weighted by Crippen LogP contribution is -2.16. The normalized spacial score (nSPS) is 30.3. The van der Waals surface area contributed by atoms with Gasteiger partial charge < -0.3 is 4.74 Å². The van der Waals surface area contributed by atoms with Crippen LogP contribution in [0.5, 0.6) is 5.75 Å². The van der Waals surface area contributed by atoms with Crippen molar-refractivity contribution in [3.8, 4) is 5.75 Å². The van der Waals surface area contributed by atoms with Crippen molar-refractivity contribution in [1.82, 2.24) is 0 Å². The fraction of sp³-hybridized carbons (Fsp3) is 0.600. The molecule has 0 radical (unpaired) electrons. The number of hydrogen-bond donors (Lipinski definition) is 0. The molecular weight excluding hydrogens is 356 g/mol. The number of rotatable bonds is 2. The summed E-state index contributed by atoms with van der Waals surface area (Å²) in [7, 11) is 0. The Kier molecular flexibility index (Phi) is 3.48. The summed E-state index contributed by atoms with van der Waals surface area (Å²) in [6.45, 7) is 3.26. The summed E-state index contributed by atoms with van der Waals surface area (Å²) >= 11 is 7.39. The molecule has 0 bridgehead atoms. The van der Waals surface area contributed by atoms with Gasteiger partial charge in [0.2, 0.25) is 0 Å². The fourth-order valence-corrected chi connectivity index (χ4v) is 4.90. The van der Waals surface area contributed by atoms with Crippen LogP contribution >= 0.6 is 31.9 Å². The topological polar surface area (TPSA) is 9.23 Å². The summed E-state index contributed by atoms with van der Waals surface area (Å²) in [6.07, 6.45) is 6.07. The molecule has 1 fully saturated rings. The maximum absolute atomic E-state index is 5.83. The van der Waals surface area contributed by atoms with Crippen molar-refractivity contribution in [3.63, 3.8) is 0 Å². The zero-order valence-electron chi connectivity index (χ0n) is 10.6. The number of alkyl halides is 1. The van der Waals surface area contributed by atoms with Gasteiger partial charge in [-0.25, -0.2) is 0 Å². The average Bonchev–Trinajstić information content (AvgIpc) is 2.85. The predicted molar refractivity (Wildman–Crippen MR) is 81.7 cm³/mol. The molecular formula is C15H18Br2O. The molecule has 1 aromatic rings. The van der Waals surface area contributed by atoms with Crippen LogP contribution in [0.15, 0.2) is 16.6 Å². The highest BCUT2D eigenvalue weighted by atomic mass is 79.9. The Morgan fingerprint density at radius 1 is 1.44 bits per heavy atom. The molecule has 1 aromatic carbocycles. The van der Waals surface area contributed by atoms with E-state index in [4.69, 9.17) is 4.74 Å². The van der Waals surface area contributed by atoms with Crippen molar-refractivity contribution in [1.29, 1.82) is 0 Å². The average molecular weight is 374 g/mol. The molecule has 2 atom stereocenters. The summed E-state index contributed by atoms with van der Waals surface area (Å²) in [5.74, 6) is 1.16. The molecule has 0 N–H and O–H groups in total. The summed E-state index contributed by atoms with van der Waals surface area (Å²) in [4.78, 5) is 0.698. The van der Waals surface area contributed by atoms with E-state index in [1.165, 1.54) is 34.9 Å². The van der Waals surface area contributed by atoms with Gasteiger partial charge in [-0.2, -0.15) is 0 Å². The van der Waals surface area contributed by atoms with E-state index >= 15 is 0 Å². The van der Waals surface area contributed by atoms with Gasteiger partial charge in [0.05, 0.1) is 6.61 Å². The van der Waals surface area contributed by atoms with Gasteiger partial charge in [-0.05, 0) is 54.4 Å². The number of ether oxygens (including phenoxy) is 1. The molecule has 2 unspecified atom stereocenters. The molecule has 1 saturated carbocycles. The third-order valence-electron chi connectivity index (χ3n) is 4.22. The van der Waals surface area contributed by atoms with Crippen molar-refractivity contribution in [2.45, 2.75) is 43.9 Å². The molecule has 1 nitrogen and oxygen atoms in total. The Hall–Kier alpha value is -0.0200. The molecule has 98 valence electrons. The first-order valence-electron chi connectivity index (χ1n) is 6.64. The summed E-state index contributed by atoms with van der Waals surface area (Å²) in [5, 5.41) is 0. The largest absolute Gasteiger partial charge is 0.493 e. The maximum atomic E-state index is 5.83. The number of benzene rings is 1. The summed E-state index contributed by atoms with van der Waals surface area (Å²) in [6, 6.07) is 4.45. The van der Waals surface area contributed by atoms with Crippen LogP contribution in [-0.2, 0) is 12.8 Å². The highest BCUT2D eigenvalue weighted by Crippen LogP contribution is 2.46. The number of hydrogen-bond acceptors (Lipinski definition) is 1. The Labute approximate surface area is 126 Å². The van der Waals surface area contributed by atoms with Gasteiger partial charge in [0.15, 0.2) is 0 Å². The van der Waals surface area contributed by atoms with E-state index in [-0.39, 0.29) is 0 Å². The van der Waals surface area contributed by atoms with E-state index in [9.17, 15) is 0 Å². The highest BCUT2D eigenvalue weighted by Gasteiger charge is 2.35. The van der Waals surface area contributed by atoms with Crippen LogP contribution < -0.4 is 4.74 Å². The quantitative estimate of drug-likeness (QED) is 0.671. The lowest BCUT2D eigenvalue weighted by Gasteiger charge is -2.25. The third-order valence-corrected chi connectivity index (χ3v) is 5.46. The SMILES string of the molecule is CC1(Cc2cc(Br)cc3c2OCC3)CCC(Br)C1. The molecule has 0 aromatic heterocycles. The zero-order valence-corrected chi connectivity index (χ0v) is 13.8. The van der Waals surface area contributed by atoms with E-state index in [0.29, 0.717) is 10.2 Å². The predicted octanol–water partition coefficient (Wildman–Crippen LogP) is 4.88. The van der Waals surface area contributed by atoms with E-state index in [1.807, 2.05) is 0 Å². The first-order chi connectivity index (χ1) is 8.56. The van der Waals surface area contributed by atoms with E-state index < -0.39 is 0 Å². The molecule has 1 aliphatic heterocycles. The summed E-state index contributed by atoms with van der Waals surface area (Å²) < 4.78 is 7.03. The molecule has 18 heavy (non-hydrogen) atoms. The molecule has 2 aliphatic rings. The second kappa shape index (κ2) is 4.82. The molecule has 3 rings (SSSR count). The molecule has 0 saturated heterocycles. The van der Waals surface area contributed by atoms with Crippen molar-refractivity contribution in [3.05, 3.63) is 27.7 Å². The highest BCUT2D eigenvalue weighted by molar-refractivity contribution is 9.10. The second-order valence-corrected chi connectivity index (χ2v) is 8.19. The Bertz CT molecular complexity index is 472. The van der Waals surface area contributed by atoms with Crippen molar-refractivity contribution >= 4 is 31.9 Å². The van der Waals surface area contributed by atoms with E-state index in [2.05, 4.69) is 50.9 Å². The minimum atomic E-state index is 0.425. The minimum absolute atomic E-state index is 0.425. The standard InChI is InChI=1S/C15H18Br2O/c1-15(4-2-12(16)9-15)8-11-7-13(17)6-10-3-5-18-14(10)11/h6-7,12H,2-5,8-9H2,1H3. The first-order valence-corrected chi connectivity index (χ1v) is 8.35. The molecule has 0 amide bonds. The lowest BCUT2D eigenvalue weighted by molar-refractivity contribution is 0.317. The van der Waals surface area contributed by atoms with Crippen molar-refractivity contribution in [2.75, 3.05) is 6.61 Å². The smallest absolute Gasteiger partial charge is 0.125 e. The van der Waals surface area contributed by atoms with Crippen LogP contribution in [0, 0.1) is 5.41 Å². The lowest BCUT2D eigenvalue weighted by atomic mass is 9.81. The van der Waals surface area contributed by atoms with Crippen LogP contribution in [-0.4, -0.2) is 11.4 Å². The number of halogens is 2. The molecule has 1 heterocycles. The van der Waals surface area contributed by atoms with Crippen molar-refractivity contribution < 1.29 is 4.74 Å². The van der Waals surface area contributed by atoms with E-state index in [1.54, 1.807) is 0 Å². The van der Waals surface area contributed by atoms with E-state index in [0.717, 1.165) is 25.2 Å². The summed E-state index contributed by atoms with van der Waals surface area (Å²) in [5.41, 5.74) is 3.19. The molecule has 3 heteroatoms.